The van der Waals surface area contributed by atoms with E-state index in [4.69, 9.17) is 14.2 Å². The zero-order chi connectivity index (χ0) is 19.0. The Balaban J connectivity index is 1.58. The van der Waals surface area contributed by atoms with Crippen molar-refractivity contribution in [2.24, 2.45) is 0 Å². The van der Waals surface area contributed by atoms with E-state index in [1.54, 1.807) is 29.6 Å². The van der Waals surface area contributed by atoms with Crippen LogP contribution in [0.3, 0.4) is 0 Å². The number of benzene rings is 2. The van der Waals surface area contributed by atoms with E-state index in [0.717, 1.165) is 29.7 Å². The topological polar surface area (TPSA) is 65.1 Å². The second-order valence-electron chi connectivity index (χ2n) is 6.93. The van der Waals surface area contributed by atoms with Crippen LogP contribution in [0, 0.1) is 6.92 Å². The lowest BCUT2D eigenvalue weighted by atomic mass is 10.0. The van der Waals surface area contributed by atoms with Crippen molar-refractivity contribution >= 4 is 10.0 Å². The molecule has 2 aliphatic heterocycles. The molecule has 1 fully saturated rings. The summed E-state index contributed by atoms with van der Waals surface area (Å²) in [7, 11) is -1.93. The zero-order valence-electron chi connectivity index (χ0n) is 15.5. The van der Waals surface area contributed by atoms with Crippen molar-refractivity contribution in [3.8, 4) is 17.2 Å². The normalized spacial score (nSPS) is 19.4. The number of aryl methyl sites for hydroxylation is 1. The molecule has 0 radical (unpaired) electrons. The van der Waals surface area contributed by atoms with Crippen LogP contribution in [0.4, 0.5) is 0 Å². The van der Waals surface area contributed by atoms with Gasteiger partial charge in [0.05, 0.1) is 12.0 Å². The Kier molecular flexibility index (Phi) is 4.74. The fourth-order valence-electron chi connectivity index (χ4n) is 3.84. The molecule has 2 aromatic carbocycles. The van der Waals surface area contributed by atoms with E-state index in [-0.39, 0.29) is 17.7 Å². The van der Waals surface area contributed by atoms with Crippen LogP contribution in [0.2, 0.25) is 0 Å². The molecule has 2 heterocycles. The molecule has 6 nitrogen and oxygen atoms in total. The van der Waals surface area contributed by atoms with Crippen LogP contribution in [0.25, 0.3) is 0 Å². The Morgan fingerprint density at radius 3 is 2.74 bits per heavy atom. The molecule has 0 saturated carbocycles. The maximum absolute atomic E-state index is 13.2. The third-order valence-electron chi connectivity index (χ3n) is 5.20. The van der Waals surface area contributed by atoms with Crippen LogP contribution in [-0.2, 0) is 16.4 Å². The maximum atomic E-state index is 13.2. The number of rotatable bonds is 5. The highest BCUT2D eigenvalue weighted by Crippen LogP contribution is 2.36. The number of hydrogen-bond acceptors (Lipinski definition) is 5. The van der Waals surface area contributed by atoms with E-state index in [0.29, 0.717) is 24.5 Å². The molecule has 144 valence electrons. The average Bonchev–Trinajstić information content (AvgIpc) is 3.30. The summed E-state index contributed by atoms with van der Waals surface area (Å²) in [6, 6.07) is 10.8. The number of sulfonamides is 1. The first kappa shape index (κ1) is 18.1. The number of hydrogen-bond donors (Lipinski definition) is 0. The maximum Gasteiger partial charge on any atom is 0.243 e. The summed E-state index contributed by atoms with van der Waals surface area (Å²) in [4.78, 5) is 0.254. The summed E-state index contributed by atoms with van der Waals surface area (Å²) in [6.07, 6.45) is 2.41. The minimum absolute atomic E-state index is 0.0479. The van der Waals surface area contributed by atoms with E-state index in [1.807, 2.05) is 19.1 Å². The van der Waals surface area contributed by atoms with Crippen molar-refractivity contribution in [3.05, 3.63) is 47.5 Å². The van der Waals surface area contributed by atoms with Crippen LogP contribution in [-0.4, -0.2) is 39.2 Å². The third kappa shape index (κ3) is 3.37. The summed E-state index contributed by atoms with van der Waals surface area (Å²) in [6.45, 7) is 2.66. The number of methoxy groups -OCH3 is 1. The van der Waals surface area contributed by atoms with Crippen LogP contribution in [0.5, 0.6) is 17.2 Å². The fourth-order valence-corrected chi connectivity index (χ4v) is 5.55. The molecular formula is C20H23NO5S. The molecule has 0 aromatic heterocycles. The Morgan fingerprint density at radius 1 is 1.15 bits per heavy atom. The second-order valence-corrected chi connectivity index (χ2v) is 8.83. The van der Waals surface area contributed by atoms with Crippen LogP contribution >= 0.6 is 0 Å². The number of ether oxygens (including phenoxy) is 3. The molecule has 0 aliphatic carbocycles. The van der Waals surface area contributed by atoms with E-state index in [1.165, 1.54) is 0 Å². The molecule has 1 atom stereocenters. The van der Waals surface area contributed by atoms with Gasteiger partial charge in [0.15, 0.2) is 11.5 Å². The van der Waals surface area contributed by atoms with Gasteiger partial charge in [-0.1, -0.05) is 12.1 Å². The molecule has 7 heteroatoms. The molecule has 2 aromatic rings. The van der Waals surface area contributed by atoms with Crippen LogP contribution in [0.15, 0.2) is 41.3 Å². The SMILES string of the molecule is COc1ccc(CC2CCCN2S(=O)(=O)c2ccc3c(c2)OCO3)cc1C. The number of nitrogens with zero attached hydrogens (tertiary/aromatic N) is 1. The van der Waals surface area contributed by atoms with Gasteiger partial charge in [-0.05, 0) is 55.5 Å². The predicted octanol–water partition coefficient (Wildman–Crippen LogP) is 3.13. The summed E-state index contributed by atoms with van der Waals surface area (Å²) in [5.74, 6) is 1.91. The van der Waals surface area contributed by atoms with Crippen molar-refractivity contribution in [2.75, 3.05) is 20.4 Å². The van der Waals surface area contributed by atoms with Gasteiger partial charge in [0.1, 0.15) is 5.75 Å². The molecular weight excluding hydrogens is 366 g/mol. The first-order chi connectivity index (χ1) is 13.0. The van der Waals surface area contributed by atoms with E-state index < -0.39 is 10.0 Å². The van der Waals surface area contributed by atoms with E-state index in [9.17, 15) is 8.42 Å². The van der Waals surface area contributed by atoms with Gasteiger partial charge < -0.3 is 14.2 Å². The second kappa shape index (κ2) is 7.05. The molecule has 27 heavy (non-hydrogen) atoms. The minimum atomic E-state index is -3.58. The largest absolute Gasteiger partial charge is 0.496 e. The lowest BCUT2D eigenvalue weighted by Gasteiger charge is -2.24. The molecule has 1 unspecified atom stereocenters. The Morgan fingerprint density at radius 2 is 1.96 bits per heavy atom. The number of fused-ring (bicyclic) bond motifs is 1. The highest BCUT2D eigenvalue weighted by atomic mass is 32.2. The van der Waals surface area contributed by atoms with Gasteiger partial charge >= 0.3 is 0 Å². The first-order valence-corrected chi connectivity index (χ1v) is 10.5. The van der Waals surface area contributed by atoms with Gasteiger partial charge in [0, 0.05) is 18.7 Å². The molecule has 2 aliphatic rings. The predicted molar refractivity (Wildman–Crippen MR) is 101 cm³/mol. The average molecular weight is 389 g/mol. The molecule has 0 spiro atoms. The van der Waals surface area contributed by atoms with Crippen molar-refractivity contribution < 1.29 is 22.6 Å². The van der Waals surface area contributed by atoms with Gasteiger partial charge in [-0.3, -0.25) is 0 Å². The van der Waals surface area contributed by atoms with Gasteiger partial charge in [0.25, 0.3) is 0 Å². The molecule has 1 saturated heterocycles. The summed E-state index contributed by atoms with van der Waals surface area (Å²) < 4.78 is 44.0. The lowest BCUT2D eigenvalue weighted by molar-refractivity contribution is 0.174. The quantitative estimate of drug-likeness (QED) is 0.786. The Bertz CT molecular complexity index is 957. The smallest absolute Gasteiger partial charge is 0.243 e. The fraction of sp³-hybridized carbons (Fsp3) is 0.400. The Hall–Kier alpha value is -2.25. The molecule has 4 rings (SSSR count). The zero-order valence-corrected chi connectivity index (χ0v) is 16.3. The minimum Gasteiger partial charge on any atom is -0.496 e. The van der Waals surface area contributed by atoms with Crippen molar-refractivity contribution in [1.82, 2.24) is 4.31 Å². The summed E-state index contributed by atoms with van der Waals surface area (Å²) in [5.41, 5.74) is 2.17. The highest BCUT2D eigenvalue weighted by molar-refractivity contribution is 7.89. The Labute approximate surface area is 159 Å². The van der Waals surface area contributed by atoms with Crippen molar-refractivity contribution in [1.29, 1.82) is 0 Å². The van der Waals surface area contributed by atoms with Gasteiger partial charge in [0.2, 0.25) is 16.8 Å². The standard InChI is InChI=1S/C20H23NO5S/c1-14-10-15(5-7-18(14)24-2)11-16-4-3-9-21(16)27(22,23)17-6-8-19-20(12-17)26-13-25-19/h5-8,10,12,16H,3-4,9,11,13H2,1-2H3. The van der Waals surface area contributed by atoms with Crippen LogP contribution in [0.1, 0.15) is 24.0 Å². The van der Waals surface area contributed by atoms with Crippen LogP contribution < -0.4 is 14.2 Å². The molecule has 0 bridgehead atoms. The molecule has 0 N–H and O–H groups in total. The van der Waals surface area contributed by atoms with Gasteiger partial charge in [-0.2, -0.15) is 4.31 Å². The third-order valence-corrected chi connectivity index (χ3v) is 7.15. The molecule has 0 amide bonds. The van der Waals surface area contributed by atoms with Crippen molar-refractivity contribution in [3.63, 3.8) is 0 Å². The highest BCUT2D eigenvalue weighted by Gasteiger charge is 2.36. The summed E-state index contributed by atoms with van der Waals surface area (Å²) in [5, 5.41) is 0. The van der Waals surface area contributed by atoms with Gasteiger partial charge in [-0.25, -0.2) is 8.42 Å². The van der Waals surface area contributed by atoms with Crippen molar-refractivity contribution in [2.45, 2.75) is 37.1 Å². The van der Waals surface area contributed by atoms with E-state index >= 15 is 0 Å². The summed E-state index contributed by atoms with van der Waals surface area (Å²) >= 11 is 0. The van der Waals surface area contributed by atoms with Gasteiger partial charge in [-0.15, -0.1) is 0 Å². The lowest BCUT2D eigenvalue weighted by Crippen LogP contribution is -2.36. The van der Waals surface area contributed by atoms with E-state index in [2.05, 4.69) is 6.07 Å². The first-order valence-electron chi connectivity index (χ1n) is 9.04. The monoisotopic (exact) mass is 389 g/mol.